The number of nitrogens with two attached hydrogens (primary N) is 1. The van der Waals surface area contributed by atoms with E-state index in [-0.39, 0.29) is 0 Å². The topological polar surface area (TPSA) is 67.7 Å². The van der Waals surface area contributed by atoms with E-state index in [0.717, 1.165) is 6.20 Å². The molecule has 0 fully saturated rings. The number of halogens is 6. The zero-order chi connectivity index (χ0) is 14.1. The van der Waals surface area contributed by atoms with E-state index < -0.39 is 36.3 Å². The van der Waals surface area contributed by atoms with Crippen molar-refractivity contribution in [3.05, 3.63) is 18.0 Å². The second-order valence-electron chi connectivity index (χ2n) is 3.47. The van der Waals surface area contributed by atoms with Crippen LogP contribution >= 0.6 is 0 Å². The van der Waals surface area contributed by atoms with Gasteiger partial charge in [0.1, 0.15) is 11.8 Å². The first kappa shape index (κ1) is 14.3. The van der Waals surface area contributed by atoms with Gasteiger partial charge in [-0.2, -0.15) is 31.4 Å². The molecule has 0 aliphatic heterocycles. The first-order valence-electron chi connectivity index (χ1n) is 4.53. The Morgan fingerprint density at radius 2 is 1.89 bits per heavy atom. The van der Waals surface area contributed by atoms with E-state index in [2.05, 4.69) is 5.10 Å². The molecule has 1 rings (SSSR count). The summed E-state index contributed by atoms with van der Waals surface area (Å²) in [5.74, 6) is -3.54. The minimum Gasteiger partial charge on any atom is -0.387 e. The van der Waals surface area contributed by atoms with Gasteiger partial charge in [-0.1, -0.05) is 0 Å². The van der Waals surface area contributed by atoms with E-state index >= 15 is 0 Å². The first-order chi connectivity index (χ1) is 8.01. The van der Waals surface area contributed by atoms with Crippen LogP contribution in [0.5, 0.6) is 0 Å². The Morgan fingerprint density at radius 1 is 1.33 bits per heavy atom. The second kappa shape index (κ2) is 4.50. The normalized spacial score (nSPS) is 14.6. The van der Waals surface area contributed by atoms with Crippen LogP contribution in [0.3, 0.4) is 0 Å². The van der Waals surface area contributed by atoms with E-state index in [4.69, 9.17) is 11.1 Å². The van der Waals surface area contributed by atoms with Crippen molar-refractivity contribution in [2.75, 3.05) is 0 Å². The number of aromatic nitrogens is 2. The van der Waals surface area contributed by atoms with Gasteiger partial charge in [0, 0.05) is 6.20 Å². The first-order valence-corrected chi connectivity index (χ1v) is 4.53. The summed E-state index contributed by atoms with van der Waals surface area (Å²) >= 11 is 0. The summed E-state index contributed by atoms with van der Waals surface area (Å²) in [7, 11) is 0. The average molecular weight is 274 g/mol. The van der Waals surface area contributed by atoms with Crippen LogP contribution in [0.1, 0.15) is 5.69 Å². The molecule has 4 nitrogen and oxygen atoms in total. The summed E-state index contributed by atoms with van der Waals surface area (Å²) in [6.45, 7) is -0.963. The van der Waals surface area contributed by atoms with Crippen molar-refractivity contribution in [2.45, 2.75) is 18.9 Å². The molecule has 1 aromatic rings. The summed E-state index contributed by atoms with van der Waals surface area (Å²) in [6, 6.07) is 0.549. The SMILES string of the molecule is N=C(N)C(Cn1ccc(C(F)(F)F)n1)C(F)(F)F. The number of nitrogens with one attached hydrogen (secondary N) is 1. The quantitative estimate of drug-likeness (QED) is 0.503. The Kier molecular flexibility index (Phi) is 3.58. The van der Waals surface area contributed by atoms with Crippen LogP contribution in [-0.4, -0.2) is 21.8 Å². The summed E-state index contributed by atoms with van der Waals surface area (Å²) in [5, 5.41) is 9.74. The van der Waals surface area contributed by atoms with Crippen molar-refractivity contribution in [2.24, 2.45) is 11.7 Å². The Morgan fingerprint density at radius 3 is 2.22 bits per heavy atom. The van der Waals surface area contributed by atoms with Crippen molar-refractivity contribution in [1.29, 1.82) is 5.41 Å². The van der Waals surface area contributed by atoms with E-state index in [1.165, 1.54) is 0 Å². The lowest BCUT2D eigenvalue weighted by Gasteiger charge is -2.18. The fourth-order valence-electron chi connectivity index (χ4n) is 1.18. The number of rotatable bonds is 3. The molecule has 0 aliphatic carbocycles. The van der Waals surface area contributed by atoms with Gasteiger partial charge < -0.3 is 5.73 Å². The zero-order valence-corrected chi connectivity index (χ0v) is 8.68. The molecule has 0 aromatic carbocycles. The molecule has 1 unspecified atom stereocenters. The molecule has 1 heterocycles. The monoisotopic (exact) mass is 274 g/mol. The maximum atomic E-state index is 12.4. The Bertz CT molecular complexity index is 432. The molecule has 0 aliphatic rings. The fraction of sp³-hybridized carbons (Fsp3) is 0.500. The molecule has 0 spiro atoms. The highest BCUT2D eigenvalue weighted by atomic mass is 19.4. The zero-order valence-electron chi connectivity index (χ0n) is 8.68. The molecule has 10 heteroatoms. The summed E-state index contributed by atoms with van der Waals surface area (Å²) in [4.78, 5) is 0. The molecular formula is C8H8F6N4. The summed E-state index contributed by atoms with van der Waals surface area (Å²) < 4.78 is 74.2. The average Bonchev–Trinajstić information content (AvgIpc) is 2.58. The van der Waals surface area contributed by atoms with Crippen LogP contribution < -0.4 is 5.73 Å². The van der Waals surface area contributed by atoms with Crippen LogP contribution in [0.15, 0.2) is 12.3 Å². The molecule has 0 radical (unpaired) electrons. The molecule has 0 saturated carbocycles. The molecular weight excluding hydrogens is 266 g/mol. The lowest BCUT2D eigenvalue weighted by atomic mass is 10.1. The summed E-state index contributed by atoms with van der Waals surface area (Å²) in [6.07, 6.45) is -8.78. The third-order valence-electron chi connectivity index (χ3n) is 2.07. The van der Waals surface area contributed by atoms with Gasteiger partial charge in [-0.15, -0.1) is 0 Å². The standard InChI is InChI=1S/C8H8F6N4/c9-7(10,11)4(6(15)16)3-18-2-1-5(17-18)8(12,13)14/h1-2,4H,3H2,(H3,15,16). The van der Waals surface area contributed by atoms with Gasteiger partial charge in [0.2, 0.25) is 0 Å². The lowest BCUT2D eigenvalue weighted by molar-refractivity contribution is -0.159. The van der Waals surface area contributed by atoms with E-state index in [1.807, 2.05) is 0 Å². The minimum absolute atomic E-state index is 0.461. The third-order valence-corrected chi connectivity index (χ3v) is 2.07. The van der Waals surface area contributed by atoms with Gasteiger partial charge in [0.15, 0.2) is 5.69 Å². The predicted octanol–water partition coefficient (Wildman–Crippen LogP) is 2.02. The van der Waals surface area contributed by atoms with Crippen molar-refractivity contribution in [3.8, 4) is 0 Å². The van der Waals surface area contributed by atoms with Crippen molar-refractivity contribution < 1.29 is 26.3 Å². The highest BCUT2D eigenvalue weighted by Gasteiger charge is 2.42. The van der Waals surface area contributed by atoms with Crippen LogP contribution in [0.4, 0.5) is 26.3 Å². The van der Waals surface area contributed by atoms with Gasteiger partial charge in [0.25, 0.3) is 0 Å². The smallest absolute Gasteiger partial charge is 0.387 e. The molecule has 1 atom stereocenters. The highest BCUT2D eigenvalue weighted by molar-refractivity contribution is 5.80. The molecule has 0 saturated heterocycles. The Labute approximate surface area is 96.9 Å². The number of nitrogens with zero attached hydrogens (tertiary/aromatic N) is 2. The molecule has 1 aromatic heterocycles. The third kappa shape index (κ3) is 3.37. The molecule has 102 valence electrons. The summed E-state index contributed by atoms with van der Waals surface area (Å²) in [5.41, 5.74) is 3.46. The molecule has 0 bridgehead atoms. The number of alkyl halides is 6. The van der Waals surface area contributed by atoms with Gasteiger partial charge >= 0.3 is 12.4 Å². The van der Waals surface area contributed by atoms with Gasteiger partial charge in [0.05, 0.1) is 6.54 Å². The number of hydrogen-bond donors (Lipinski definition) is 2. The fourth-order valence-corrected chi connectivity index (χ4v) is 1.18. The Balaban J connectivity index is 2.90. The van der Waals surface area contributed by atoms with E-state index in [1.54, 1.807) is 0 Å². The maximum Gasteiger partial charge on any atom is 0.435 e. The molecule has 0 amide bonds. The van der Waals surface area contributed by atoms with E-state index in [0.29, 0.717) is 10.7 Å². The van der Waals surface area contributed by atoms with Gasteiger partial charge in [-0.25, -0.2) is 0 Å². The molecule has 3 N–H and O–H groups in total. The highest BCUT2D eigenvalue weighted by Crippen LogP contribution is 2.29. The van der Waals surface area contributed by atoms with E-state index in [9.17, 15) is 26.3 Å². The Hall–Kier alpha value is -1.74. The van der Waals surface area contributed by atoms with Crippen LogP contribution in [-0.2, 0) is 12.7 Å². The van der Waals surface area contributed by atoms with Crippen molar-refractivity contribution >= 4 is 5.84 Å². The minimum atomic E-state index is -4.81. The number of amidine groups is 1. The van der Waals surface area contributed by atoms with Crippen LogP contribution in [0.2, 0.25) is 0 Å². The largest absolute Gasteiger partial charge is 0.435 e. The molecule has 18 heavy (non-hydrogen) atoms. The van der Waals surface area contributed by atoms with Crippen LogP contribution in [0, 0.1) is 11.3 Å². The predicted molar refractivity (Wildman–Crippen MR) is 48.7 cm³/mol. The lowest BCUT2D eigenvalue weighted by Crippen LogP contribution is -2.38. The van der Waals surface area contributed by atoms with Gasteiger partial charge in [-0.3, -0.25) is 10.1 Å². The second-order valence-corrected chi connectivity index (χ2v) is 3.47. The maximum absolute atomic E-state index is 12.4. The van der Waals surface area contributed by atoms with Crippen LogP contribution in [0.25, 0.3) is 0 Å². The number of hydrogen-bond acceptors (Lipinski definition) is 2. The van der Waals surface area contributed by atoms with Crippen molar-refractivity contribution in [1.82, 2.24) is 9.78 Å². The van der Waals surface area contributed by atoms with Crippen molar-refractivity contribution in [3.63, 3.8) is 0 Å². The van der Waals surface area contributed by atoms with Gasteiger partial charge in [-0.05, 0) is 6.07 Å².